The first kappa shape index (κ1) is 19.5. The predicted octanol–water partition coefficient (Wildman–Crippen LogP) is 1.98. The molecule has 1 amide bonds. The summed E-state index contributed by atoms with van der Waals surface area (Å²) in [5.41, 5.74) is 6.94. The number of carbonyl (C=O) groups excluding carboxylic acids is 1. The van der Waals surface area contributed by atoms with E-state index in [0.717, 1.165) is 86.9 Å². The van der Waals surface area contributed by atoms with Crippen molar-refractivity contribution in [3.63, 3.8) is 0 Å². The van der Waals surface area contributed by atoms with Gasteiger partial charge in [0.25, 0.3) is 0 Å². The van der Waals surface area contributed by atoms with Gasteiger partial charge in [0, 0.05) is 38.5 Å². The van der Waals surface area contributed by atoms with Gasteiger partial charge in [-0.25, -0.2) is 0 Å². The van der Waals surface area contributed by atoms with Crippen LogP contribution in [0.5, 0.6) is 0 Å². The fourth-order valence-electron chi connectivity index (χ4n) is 3.93. The zero-order chi connectivity index (χ0) is 19.3. The molecule has 2 N–H and O–H groups in total. The fraction of sp³-hybridized carbons (Fsp3) is 0.600. The molecular formula is C20H29N5O2S. The molecule has 1 atom stereocenters. The van der Waals surface area contributed by atoms with Crippen LogP contribution in [0, 0.1) is 0 Å². The molecule has 0 spiro atoms. The number of rotatable bonds is 7. The van der Waals surface area contributed by atoms with Gasteiger partial charge in [-0.3, -0.25) is 9.69 Å². The SMILES string of the molecule is NC(CCCCN1CCN(c2noc3ccccc23)CC1)C(=O)N1CCSC1. The van der Waals surface area contributed by atoms with Gasteiger partial charge < -0.3 is 20.1 Å². The average molecular weight is 404 g/mol. The van der Waals surface area contributed by atoms with Crippen LogP contribution in [0.25, 0.3) is 11.0 Å². The Kier molecular flexibility index (Phi) is 6.39. The molecule has 2 saturated heterocycles. The third-order valence-electron chi connectivity index (χ3n) is 5.65. The number of nitrogens with two attached hydrogens (primary N) is 1. The zero-order valence-corrected chi connectivity index (χ0v) is 17.1. The number of nitrogens with zero attached hydrogens (tertiary/aromatic N) is 4. The van der Waals surface area contributed by atoms with Crippen molar-refractivity contribution >= 4 is 34.5 Å². The summed E-state index contributed by atoms with van der Waals surface area (Å²) in [5.74, 6) is 2.92. The summed E-state index contributed by atoms with van der Waals surface area (Å²) in [6.07, 6.45) is 2.87. The molecule has 0 aliphatic carbocycles. The Balaban J connectivity index is 1.16. The van der Waals surface area contributed by atoms with Crippen molar-refractivity contribution in [3.8, 4) is 0 Å². The summed E-state index contributed by atoms with van der Waals surface area (Å²) in [5, 5.41) is 5.36. The molecule has 7 nitrogen and oxygen atoms in total. The number of piperazine rings is 1. The van der Waals surface area contributed by atoms with E-state index in [9.17, 15) is 4.79 Å². The minimum absolute atomic E-state index is 0.124. The lowest BCUT2D eigenvalue weighted by Crippen LogP contribution is -2.47. The van der Waals surface area contributed by atoms with E-state index in [4.69, 9.17) is 10.3 Å². The van der Waals surface area contributed by atoms with Crippen molar-refractivity contribution in [2.75, 3.05) is 55.8 Å². The van der Waals surface area contributed by atoms with Gasteiger partial charge in [-0.2, -0.15) is 0 Å². The van der Waals surface area contributed by atoms with Crippen molar-refractivity contribution in [3.05, 3.63) is 24.3 Å². The maximum absolute atomic E-state index is 12.2. The number of aromatic nitrogens is 1. The third-order valence-corrected chi connectivity index (χ3v) is 6.62. The minimum atomic E-state index is -0.337. The number of fused-ring (bicyclic) bond motifs is 1. The van der Waals surface area contributed by atoms with Crippen LogP contribution in [0.2, 0.25) is 0 Å². The summed E-state index contributed by atoms with van der Waals surface area (Å²) >= 11 is 1.80. The Bertz CT molecular complexity index is 784. The van der Waals surface area contributed by atoms with Crippen molar-refractivity contribution in [2.45, 2.75) is 25.3 Å². The first-order chi connectivity index (χ1) is 13.7. The molecule has 2 aromatic rings. The van der Waals surface area contributed by atoms with Crippen molar-refractivity contribution in [1.29, 1.82) is 0 Å². The van der Waals surface area contributed by atoms with Gasteiger partial charge in [-0.15, -0.1) is 11.8 Å². The van der Waals surface area contributed by atoms with Gasteiger partial charge >= 0.3 is 0 Å². The summed E-state index contributed by atoms with van der Waals surface area (Å²) in [7, 11) is 0. The summed E-state index contributed by atoms with van der Waals surface area (Å²) in [6, 6.07) is 7.69. The number of unbranched alkanes of at least 4 members (excludes halogenated alkanes) is 1. The molecule has 2 aliphatic rings. The standard InChI is InChI=1S/C20H29N5O2S/c21-17(20(26)25-13-14-28-15-25)6-3-4-8-23-9-11-24(12-10-23)19-16-5-1-2-7-18(16)27-22-19/h1-2,5,7,17H,3-4,6,8-15,21H2. The molecule has 0 bridgehead atoms. The molecular weight excluding hydrogens is 374 g/mol. The molecule has 8 heteroatoms. The van der Waals surface area contributed by atoms with Crippen molar-refractivity contribution in [1.82, 2.24) is 15.0 Å². The van der Waals surface area contributed by atoms with Crippen LogP contribution in [0.15, 0.2) is 28.8 Å². The van der Waals surface area contributed by atoms with Gasteiger partial charge in [0.05, 0.1) is 17.3 Å². The van der Waals surface area contributed by atoms with Gasteiger partial charge in [0.2, 0.25) is 5.91 Å². The van der Waals surface area contributed by atoms with Crippen LogP contribution in [-0.4, -0.2) is 77.8 Å². The van der Waals surface area contributed by atoms with Crippen molar-refractivity contribution < 1.29 is 9.32 Å². The highest BCUT2D eigenvalue weighted by Crippen LogP contribution is 2.26. The van der Waals surface area contributed by atoms with Crippen molar-refractivity contribution in [2.24, 2.45) is 5.73 Å². The molecule has 1 aromatic carbocycles. The highest BCUT2D eigenvalue weighted by Gasteiger charge is 2.24. The van der Waals surface area contributed by atoms with Gasteiger partial charge in [-0.1, -0.05) is 23.7 Å². The highest BCUT2D eigenvalue weighted by atomic mass is 32.2. The zero-order valence-electron chi connectivity index (χ0n) is 16.3. The summed E-state index contributed by atoms with van der Waals surface area (Å²) in [6.45, 7) is 5.88. The monoisotopic (exact) mass is 403 g/mol. The fourth-order valence-corrected chi connectivity index (χ4v) is 4.88. The number of amides is 1. The van der Waals surface area contributed by atoms with E-state index in [-0.39, 0.29) is 11.9 Å². The Morgan fingerprint density at radius 2 is 2.00 bits per heavy atom. The minimum Gasteiger partial charge on any atom is -0.354 e. The smallest absolute Gasteiger partial charge is 0.240 e. The molecule has 2 aliphatic heterocycles. The van der Waals surface area contributed by atoms with Crippen LogP contribution >= 0.6 is 11.8 Å². The Hall–Kier alpha value is -1.77. The third kappa shape index (κ3) is 4.45. The van der Waals surface area contributed by atoms with E-state index >= 15 is 0 Å². The Labute approximate surface area is 170 Å². The maximum atomic E-state index is 12.2. The second-order valence-electron chi connectivity index (χ2n) is 7.57. The topological polar surface area (TPSA) is 78.8 Å². The van der Waals surface area contributed by atoms with Crippen LogP contribution < -0.4 is 10.6 Å². The van der Waals surface area contributed by atoms with E-state index in [0.29, 0.717) is 0 Å². The average Bonchev–Trinajstić information content (AvgIpc) is 3.41. The normalized spacial score (nSPS) is 19.5. The Morgan fingerprint density at radius 3 is 2.79 bits per heavy atom. The van der Waals surface area contributed by atoms with E-state index in [1.165, 1.54) is 0 Å². The lowest BCUT2D eigenvalue weighted by Gasteiger charge is -2.34. The number of thioether (sulfide) groups is 1. The number of hydrogen-bond donors (Lipinski definition) is 1. The van der Waals surface area contributed by atoms with E-state index in [1.807, 2.05) is 23.1 Å². The maximum Gasteiger partial charge on any atom is 0.240 e. The van der Waals surface area contributed by atoms with E-state index in [1.54, 1.807) is 11.8 Å². The quantitative estimate of drug-likeness (QED) is 0.708. The number of para-hydroxylation sites is 1. The second kappa shape index (κ2) is 9.15. The first-order valence-electron chi connectivity index (χ1n) is 10.2. The van der Waals surface area contributed by atoms with Gasteiger partial charge in [0.15, 0.2) is 11.4 Å². The van der Waals surface area contributed by atoms with E-state index in [2.05, 4.69) is 21.0 Å². The molecule has 1 unspecified atom stereocenters. The molecule has 0 radical (unpaired) electrons. The van der Waals surface area contributed by atoms with Crippen LogP contribution in [-0.2, 0) is 4.79 Å². The number of benzene rings is 1. The molecule has 1 aromatic heterocycles. The molecule has 0 saturated carbocycles. The predicted molar refractivity (Wildman–Crippen MR) is 114 cm³/mol. The largest absolute Gasteiger partial charge is 0.354 e. The molecule has 3 heterocycles. The lowest BCUT2D eigenvalue weighted by molar-refractivity contribution is -0.131. The molecule has 4 rings (SSSR count). The molecule has 2 fully saturated rings. The Morgan fingerprint density at radius 1 is 1.18 bits per heavy atom. The van der Waals surface area contributed by atoms with Crippen LogP contribution in [0.1, 0.15) is 19.3 Å². The highest BCUT2D eigenvalue weighted by molar-refractivity contribution is 7.99. The molecule has 152 valence electrons. The summed E-state index contributed by atoms with van der Waals surface area (Å²) in [4.78, 5) is 18.9. The second-order valence-corrected chi connectivity index (χ2v) is 8.65. The number of carbonyl (C=O) groups is 1. The lowest BCUT2D eigenvalue weighted by atomic mass is 10.1. The number of hydrogen-bond acceptors (Lipinski definition) is 7. The van der Waals surface area contributed by atoms with Gasteiger partial charge in [-0.05, 0) is 31.5 Å². The van der Waals surface area contributed by atoms with Crippen LogP contribution in [0.3, 0.4) is 0 Å². The van der Waals surface area contributed by atoms with E-state index < -0.39 is 0 Å². The summed E-state index contributed by atoms with van der Waals surface area (Å²) < 4.78 is 5.44. The number of anilines is 1. The first-order valence-corrected chi connectivity index (χ1v) is 11.3. The molecule has 28 heavy (non-hydrogen) atoms. The van der Waals surface area contributed by atoms with Crippen LogP contribution in [0.4, 0.5) is 5.82 Å². The van der Waals surface area contributed by atoms with Gasteiger partial charge in [0.1, 0.15) is 0 Å².